The van der Waals surface area contributed by atoms with Gasteiger partial charge in [-0.25, -0.2) is 0 Å². The van der Waals surface area contributed by atoms with Gasteiger partial charge in [0, 0.05) is 19.0 Å². The molecule has 2 rings (SSSR count). The number of anilines is 1. The molecular formula is C11H13ClN2O2. The fraction of sp³-hybridized carbons (Fsp3) is 0.364. The van der Waals surface area contributed by atoms with E-state index < -0.39 is 5.97 Å². The van der Waals surface area contributed by atoms with Crippen molar-refractivity contribution in [3.63, 3.8) is 0 Å². The van der Waals surface area contributed by atoms with Gasteiger partial charge >= 0.3 is 5.97 Å². The minimum absolute atomic E-state index is 0.0305. The Bertz CT molecular complexity index is 422. The number of hydrogen-bond donors (Lipinski definition) is 3. The van der Waals surface area contributed by atoms with Crippen LogP contribution < -0.4 is 11.1 Å². The Balaban J connectivity index is 2.29. The van der Waals surface area contributed by atoms with E-state index in [1.54, 1.807) is 12.1 Å². The van der Waals surface area contributed by atoms with Crippen LogP contribution in [0.1, 0.15) is 11.5 Å². The van der Waals surface area contributed by atoms with Crippen LogP contribution in [0.25, 0.3) is 0 Å². The first kappa shape index (κ1) is 11.2. The van der Waals surface area contributed by atoms with E-state index in [2.05, 4.69) is 5.32 Å². The van der Waals surface area contributed by atoms with Gasteiger partial charge in [0.05, 0.1) is 16.6 Å². The number of nitrogens with two attached hydrogens (primary N) is 1. The van der Waals surface area contributed by atoms with Crippen molar-refractivity contribution in [1.29, 1.82) is 0 Å². The molecule has 1 saturated heterocycles. The van der Waals surface area contributed by atoms with Gasteiger partial charge in [-0.3, -0.25) is 4.79 Å². The molecular weight excluding hydrogens is 228 g/mol. The highest BCUT2D eigenvalue weighted by atomic mass is 35.5. The number of carboxylic acid groups (broad SMARTS) is 1. The first-order valence-corrected chi connectivity index (χ1v) is 5.46. The van der Waals surface area contributed by atoms with E-state index in [9.17, 15) is 4.79 Å². The van der Waals surface area contributed by atoms with Crippen LogP contribution in [-0.2, 0) is 4.79 Å². The van der Waals surface area contributed by atoms with Crippen molar-refractivity contribution >= 4 is 23.3 Å². The predicted molar refractivity (Wildman–Crippen MR) is 62.6 cm³/mol. The second kappa shape index (κ2) is 4.31. The SMILES string of the molecule is Nc1cc([C@@H]2CNC[C@H]2C(=O)O)ccc1Cl. The molecule has 16 heavy (non-hydrogen) atoms. The van der Waals surface area contributed by atoms with Crippen LogP contribution >= 0.6 is 11.6 Å². The lowest BCUT2D eigenvalue weighted by Gasteiger charge is -2.15. The number of nitrogen functional groups attached to an aromatic ring is 1. The average Bonchev–Trinajstić information content (AvgIpc) is 2.71. The molecule has 0 aromatic heterocycles. The summed E-state index contributed by atoms with van der Waals surface area (Å²) in [4.78, 5) is 11.0. The van der Waals surface area contributed by atoms with E-state index in [1.807, 2.05) is 6.07 Å². The molecule has 0 unspecified atom stereocenters. The van der Waals surface area contributed by atoms with E-state index in [4.69, 9.17) is 22.4 Å². The molecule has 0 spiro atoms. The van der Waals surface area contributed by atoms with Gasteiger partial charge < -0.3 is 16.2 Å². The van der Waals surface area contributed by atoms with Crippen LogP contribution in [0.15, 0.2) is 18.2 Å². The average molecular weight is 241 g/mol. The molecule has 1 fully saturated rings. The number of carbonyl (C=O) groups is 1. The standard InChI is InChI=1S/C11H13ClN2O2/c12-9-2-1-6(3-10(9)13)7-4-14-5-8(7)11(15)16/h1-3,7-8,14H,4-5,13H2,(H,15,16)/t7-,8+/m0/s1. The van der Waals surface area contributed by atoms with Gasteiger partial charge in [-0.2, -0.15) is 0 Å². The number of benzene rings is 1. The van der Waals surface area contributed by atoms with Gasteiger partial charge in [-0.15, -0.1) is 0 Å². The maximum Gasteiger partial charge on any atom is 0.308 e. The summed E-state index contributed by atoms with van der Waals surface area (Å²) in [5.41, 5.74) is 7.14. The van der Waals surface area contributed by atoms with Crippen LogP contribution in [0.3, 0.4) is 0 Å². The normalized spacial score (nSPS) is 24.6. The number of carboxylic acids is 1. The Kier molecular flexibility index (Phi) is 3.03. The molecule has 4 N–H and O–H groups in total. The molecule has 0 aliphatic carbocycles. The fourth-order valence-corrected chi connectivity index (χ4v) is 2.20. The number of rotatable bonds is 2. The van der Waals surface area contributed by atoms with E-state index in [0.717, 1.165) is 5.56 Å². The molecule has 0 bridgehead atoms. The number of nitrogens with one attached hydrogen (secondary N) is 1. The smallest absolute Gasteiger partial charge is 0.308 e. The summed E-state index contributed by atoms with van der Waals surface area (Å²) in [6.07, 6.45) is 0. The lowest BCUT2D eigenvalue weighted by Crippen LogP contribution is -2.21. The molecule has 1 aromatic carbocycles. The third kappa shape index (κ3) is 1.99. The largest absolute Gasteiger partial charge is 0.481 e. The lowest BCUT2D eigenvalue weighted by molar-refractivity contribution is -0.141. The molecule has 0 radical (unpaired) electrons. The molecule has 2 atom stereocenters. The Morgan fingerprint density at radius 3 is 2.88 bits per heavy atom. The monoisotopic (exact) mass is 240 g/mol. The third-order valence-electron chi connectivity index (χ3n) is 2.98. The van der Waals surface area contributed by atoms with Crippen molar-refractivity contribution in [3.05, 3.63) is 28.8 Å². The highest BCUT2D eigenvalue weighted by molar-refractivity contribution is 6.33. The van der Waals surface area contributed by atoms with Crippen molar-refractivity contribution in [2.75, 3.05) is 18.8 Å². The molecule has 0 saturated carbocycles. The summed E-state index contributed by atoms with van der Waals surface area (Å²) in [6, 6.07) is 5.31. The summed E-state index contributed by atoms with van der Waals surface area (Å²) in [5.74, 6) is -1.19. The van der Waals surface area contributed by atoms with Crippen molar-refractivity contribution in [3.8, 4) is 0 Å². The van der Waals surface area contributed by atoms with Crippen molar-refractivity contribution in [2.45, 2.75) is 5.92 Å². The minimum Gasteiger partial charge on any atom is -0.481 e. The van der Waals surface area contributed by atoms with Gasteiger partial charge in [0.25, 0.3) is 0 Å². The van der Waals surface area contributed by atoms with E-state index in [0.29, 0.717) is 23.8 Å². The molecule has 1 heterocycles. The Morgan fingerprint density at radius 1 is 1.50 bits per heavy atom. The summed E-state index contributed by atoms with van der Waals surface area (Å²) in [6.45, 7) is 1.17. The number of hydrogen-bond acceptors (Lipinski definition) is 3. The Labute approximate surface area is 98.4 Å². The van der Waals surface area contributed by atoms with Crippen molar-refractivity contribution < 1.29 is 9.90 Å². The van der Waals surface area contributed by atoms with E-state index in [-0.39, 0.29) is 11.8 Å². The van der Waals surface area contributed by atoms with Gasteiger partial charge in [-0.1, -0.05) is 17.7 Å². The van der Waals surface area contributed by atoms with Gasteiger partial charge in [-0.05, 0) is 17.7 Å². The number of halogens is 1. The van der Waals surface area contributed by atoms with E-state index in [1.165, 1.54) is 0 Å². The Morgan fingerprint density at radius 2 is 2.25 bits per heavy atom. The van der Waals surface area contributed by atoms with Crippen LogP contribution in [0, 0.1) is 5.92 Å². The maximum atomic E-state index is 11.0. The zero-order valence-corrected chi connectivity index (χ0v) is 9.37. The quantitative estimate of drug-likeness (QED) is 0.682. The van der Waals surface area contributed by atoms with Crippen molar-refractivity contribution in [2.24, 2.45) is 5.92 Å². The predicted octanol–water partition coefficient (Wildman–Crippen LogP) is 1.31. The molecule has 1 aromatic rings. The molecule has 1 aliphatic rings. The molecule has 4 nitrogen and oxygen atoms in total. The van der Waals surface area contributed by atoms with Crippen LogP contribution in [0.2, 0.25) is 5.02 Å². The summed E-state index contributed by atoms with van der Waals surface area (Å²) >= 11 is 5.83. The fourth-order valence-electron chi connectivity index (χ4n) is 2.08. The van der Waals surface area contributed by atoms with Gasteiger partial charge in [0.15, 0.2) is 0 Å². The first-order chi connectivity index (χ1) is 7.59. The summed E-state index contributed by atoms with van der Waals surface area (Å²) in [5, 5.41) is 12.7. The lowest BCUT2D eigenvalue weighted by atomic mass is 9.89. The molecule has 0 amide bonds. The zero-order chi connectivity index (χ0) is 11.7. The molecule has 1 aliphatic heterocycles. The molecule has 5 heteroatoms. The number of aliphatic carboxylic acids is 1. The topological polar surface area (TPSA) is 75.3 Å². The molecule has 86 valence electrons. The highest BCUT2D eigenvalue weighted by Crippen LogP contribution is 2.31. The zero-order valence-electron chi connectivity index (χ0n) is 8.61. The second-order valence-corrected chi connectivity index (χ2v) is 4.40. The maximum absolute atomic E-state index is 11.0. The van der Waals surface area contributed by atoms with E-state index >= 15 is 0 Å². The van der Waals surface area contributed by atoms with Gasteiger partial charge in [0.2, 0.25) is 0 Å². The third-order valence-corrected chi connectivity index (χ3v) is 3.32. The van der Waals surface area contributed by atoms with Crippen LogP contribution in [0.4, 0.5) is 5.69 Å². The summed E-state index contributed by atoms with van der Waals surface area (Å²) < 4.78 is 0. The minimum atomic E-state index is -0.775. The highest BCUT2D eigenvalue weighted by Gasteiger charge is 2.33. The Hall–Kier alpha value is -1.26. The second-order valence-electron chi connectivity index (χ2n) is 3.99. The first-order valence-electron chi connectivity index (χ1n) is 5.08. The summed E-state index contributed by atoms with van der Waals surface area (Å²) in [7, 11) is 0. The van der Waals surface area contributed by atoms with Crippen LogP contribution in [-0.4, -0.2) is 24.2 Å². The van der Waals surface area contributed by atoms with Crippen molar-refractivity contribution in [1.82, 2.24) is 5.32 Å². The van der Waals surface area contributed by atoms with Gasteiger partial charge in [0.1, 0.15) is 0 Å². The van der Waals surface area contributed by atoms with Crippen LogP contribution in [0.5, 0.6) is 0 Å².